The summed E-state index contributed by atoms with van der Waals surface area (Å²) in [5, 5.41) is 3.12. The Labute approximate surface area is 86.5 Å². The fourth-order valence-electron chi connectivity index (χ4n) is 1.07. The van der Waals surface area contributed by atoms with Gasteiger partial charge in [0.2, 0.25) is 5.95 Å². The zero-order valence-corrected chi connectivity index (χ0v) is 9.09. The summed E-state index contributed by atoms with van der Waals surface area (Å²) >= 11 is 0. The third-order valence-corrected chi connectivity index (χ3v) is 2.49. The fourth-order valence-corrected chi connectivity index (χ4v) is 1.46. The normalized spacial score (nSPS) is 12.4. The first kappa shape index (κ1) is 11.0. The lowest BCUT2D eigenvalue weighted by atomic mass is 10.6. The van der Waals surface area contributed by atoms with Crippen LogP contribution in [0.2, 0.25) is 0 Å². The van der Waals surface area contributed by atoms with Gasteiger partial charge in [-0.15, -0.1) is 6.58 Å². The second-order valence-electron chi connectivity index (χ2n) is 2.90. The van der Waals surface area contributed by atoms with E-state index in [1.54, 1.807) is 12.5 Å². The van der Waals surface area contributed by atoms with Crippen LogP contribution < -0.4 is 5.32 Å². The largest absolute Gasteiger partial charge is 0.355 e. The maximum Gasteiger partial charge on any atom is 0.203 e. The first-order valence-electron chi connectivity index (χ1n) is 4.40. The van der Waals surface area contributed by atoms with E-state index in [1.165, 1.54) is 0 Å². The molecule has 0 amide bonds. The van der Waals surface area contributed by atoms with Gasteiger partial charge in [0.05, 0.1) is 0 Å². The molecule has 1 aromatic heterocycles. The molecular weight excluding hydrogens is 198 g/mol. The molecule has 1 N–H and O–H groups in total. The molecule has 0 aliphatic carbocycles. The lowest BCUT2D eigenvalue weighted by molar-refractivity contribution is 0.686. The highest BCUT2D eigenvalue weighted by atomic mass is 32.2. The summed E-state index contributed by atoms with van der Waals surface area (Å²) < 4.78 is 12.8. The Hall–Kier alpha value is -1.10. The van der Waals surface area contributed by atoms with E-state index in [2.05, 4.69) is 16.9 Å². The molecule has 1 aromatic rings. The van der Waals surface area contributed by atoms with Crippen LogP contribution >= 0.6 is 0 Å². The van der Waals surface area contributed by atoms with Gasteiger partial charge in [-0.3, -0.25) is 4.21 Å². The summed E-state index contributed by atoms with van der Waals surface area (Å²) in [5.74, 6) is 1.44. The molecule has 0 fully saturated rings. The van der Waals surface area contributed by atoms with Crippen molar-refractivity contribution in [1.29, 1.82) is 0 Å². The summed E-state index contributed by atoms with van der Waals surface area (Å²) in [7, 11) is -0.757. The van der Waals surface area contributed by atoms with E-state index in [0.29, 0.717) is 12.3 Å². The van der Waals surface area contributed by atoms with Gasteiger partial charge in [0.15, 0.2) is 0 Å². The average Bonchev–Trinajstić information content (AvgIpc) is 2.53. The number of hydrogen-bond donors (Lipinski definition) is 1. The second kappa shape index (κ2) is 5.59. The summed E-state index contributed by atoms with van der Waals surface area (Å²) in [4.78, 5) is 4.14. The van der Waals surface area contributed by atoms with E-state index in [0.717, 1.165) is 12.5 Å². The van der Waals surface area contributed by atoms with E-state index in [-0.39, 0.29) is 0 Å². The van der Waals surface area contributed by atoms with Crippen molar-refractivity contribution in [1.82, 2.24) is 9.55 Å². The molecule has 1 atom stereocenters. The summed E-state index contributed by atoms with van der Waals surface area (Å²) in [6, 6.07) is 0. The number of imidazole rings is 1. The maximum atomic E-state index is 10.8. The van der Waals surface area contributed by atoms with Crippen molar-refractivity contribution in [3.8, 4) is 0 Å². The van der Waals surface area contributed by atoms with Crippen LogP contribution in [0.25, 0.3) is 0 Å². The highest BCUT2D eigenvalue weighted by molar-refractivity contribution is 7.84. The Morgan fingerprint density at radius 3 is 3.21 bits per heavy atom. The number of allylic oxidation sites excluding steroid dienone is 1. The molecule has 1 unspecified atom stereocenters. The van der Waals surface area contributed by atoms with E-state index in [4.69, 9.17) is 0 Å². The highest BCUT2D eigenvalue weighted by Gasteiger charge is 1.99. The van der Waals surface area contributed by atoms with Crippen molar-refractivity contribution in [2.45, 2.75) is 6.54 Å². The quantitative estimate of drug-likeness (QED) is 0.713. The van der Waals surface area contributed by atoms with Crippen LogP contribution in [-0.4, -0.2) is 32.3 Å². The van der Waals surface area contributed by atoms with Gasteiger partial charge in [-0.05, 0) is 0 Å². The van der Waals surface area contributed by atoms with Crippen molar-refractivity contribution in [2.75, 3.05) is 23.9 Å². The smallest absolute Gasteiger partial charge is 0.203 e. The molecule has 0 aliphatic rings. The van der Waals surface area contributed by atoms with Crippen LogP contribution in [0.5, 0.6) is 0 Å². The van der Waals surface area contributed by atoms with Crippen LogP contribution in [0.3, 0.4) is 0 Å². The predicted molar refractivity (Wildman–Crippen MR) is 59.8 cm³/mol. The lowest BCUT2D eigenvalue weighted by Crippen LogP contribution is -2.13. The van der Waals surface area contributed by atoms with Gasteiger partial charge in [0, 0.05) is 48.3 Å². The molecule has 4 nitrogen and oxygen atoms in total. The summed E-state index contributed by atoms with van der Waals surface area (Å²) in [6.07, 6.45) is 7.12. The Bertz CT molecular complexity index is 322. The van der Waals surface area contributed by atoms with Gasteiger partial charge in [0.1, 0.15) is 0 Å². The first-order valence-corrected chi connectivity index (χ1v) is 6.12. The van der Waals surface area contributed by atoms with Crippen LogP contribution in [0, 0.1) is 0 Å². The third-order valence-electron chi connectivity index (χ3n) is 1.71. The first-order chi connectivity index (χ1) is 6.74. The topological polar surface area (TPSA) is 46.9 Å². The molecule has 0 bridgehead atoms. The highest BCUT2D eigenvalue weighted by Crippen LogP contribution is 2.03. The molecule has 0 aromatic carbocycles. The van der Waals surface area contributed by atoms with Crippen LogP contribution in [0.1, 0.15) is 0 Å². The van der Waals surface area contributed by atoms with E-state index >= 15 is 0 Å². The standard InChI is InChI=1S/C9H15N3OS/c1-3-6-12-7-4-10-9(12)11-5-8-14(2)13/h3-4,7H,1,5-6,8H2,2H3,(H,10,11). The molecule has 0 radical (unpaired) electrons. The van der Waals surface area contributed by atoms with Crippen molar-refractivity contribution in [3.63, 3.8) is 0 Å². The Balaban J connectivity index is 2.45. The molecule has 14 heavy (non-hydrogen) atoms. The zero-order valence-electron chi connectivity index (χ0n) is 8.27. The number of nitrogens with one attached hydrogen (secondary N) is 1. The minimum absolute atomic E-state index is 0.640. The van der Waals surface area contributed by atoms with Crippen molar-refractivity contribution in [2.24, 2.45) is 0 Å². The number of aromatic nitrogens is 2. The second-order valence-corrected chi connectivity index (χ2v) is 4.45. The third kappa shape index (κ3) is 3.33. The van der Waals surface area contributed by atoms with E-state index in [9.17, 15) is 4.21 Å². The number of nitrogens with zero attached hydrogens (tertiary/aromatic N) is 2. The van der Waals surface area contributed by atoms with Gasteiger partial charge in [0.25, 0.3) is 0 Å². The van der Waals surface area contributed by atoms with Gasteiger partial charge in [-0.25, -0.2) is 4.98 Å². The van der Waals surface area contributed by atoms with Crippen molar-refractivity contribution >= 4 is 16.7 Å². The van der Waals surface area contributed by atoms with Crippen LogP contribution in [0.4, 0.5) is 5.95 Å². The molecular formula is C9H15N3OS. The predicted octanol–water partition coefficient (Wildman–Crippen LogP) is 0.859. The molecule has 0 aliphatic heterocycles. The Morgan fingerprint density at radius 2 is 2.57 bits per heavy atom. The molecule has 1 heterocycles. The fraction of sp³-hybridized carbons (Fsp3) is 0.444. The van der Waals surface area contributed by atoms with Gasteiger partial charge in [-0.1, -0.05) is 6.08 Å². The molecule has 78 valence electrons. The minimum atomic E-state index is -0.757. The zero-order chi connectivity index (χ0) is 10.4. The average molecular weight is 213 g/mol. The van der Waals surface area contributed by atoms with Gasteiger partial charge >= 0.3 is 0 Å². The lowest BCUT2D eigenvalue weighted by Gasteiger charge is -2.06. The van der Waals surface area contributed by atoms with Crippen molar-refractivity contribution in [3.05, 3.63) is 25.0 Å². The molecule has 0 saturated carbocycles. The number of anilines is 1. The molecule has 1 rings (SSSR count). The Kier molecular flexibility index (Phi) is 4.39. The van der Waals surface area contributed by atoms with Gasteiger partial charge < -0.3 is 9.88 Å². The monoisotopic (exact) mass is 213 g/mol. The molecule has 5 heteroatoms. The maximum absolute atomic E-state index is 10.8. The Morgan fingerprint density at radius 1 is 1.79 bits per heavy atom. The molecule has 0 saturated heterocycles. The minimum Gasteiger partial charge on any atom is -0.355 e. The number of rotatable bonds is 6. The molecule has 0 spiro atoms. The number of hydrogen-bond acceptors (Lipinski definition) is 3. The van der Waals surface area contributed by atoms with Crippen molar-refractivity contribution < 1.29 is 4.21 Å². The van der Waals surface area contributed by atoms with E-state index < -0.39 is 10.8 Å². The SMILES string of the molecule is C=CCn1ccnc1NCCS(C)=O. The summed E-state index contributed by atoms with van der Waals surface area (Å²) in [5.41, 5.74) is 0. The van der Waals surface area contributed by atoms with E-state index in [1.807, 2.05) is 16.8 Å². The van der Waals surface area contributed by atoms with Crippen LogP contribution in [0.15, 0.2) is 25.0 Å². The summed E-state index contributed by atoms with van der Waals surface area (Å²) in [6.45, 7) is 5.07. The van der Waals surface area contributed by atoms with Gasteiger partial charge in [-0.2, -0.15) is 0 Å². The van der Waals surface area contributed by atoms with Crippen LogP contribution in [-0.2, 0) is 17.3 Å².